The van der Waals surface area contributed by atoms with Gasteiger partial charge >= 0.3 is 5.97 Å². The van der Waals surface area contributed by atoms with Crippen LogP contribution in [-0.2, 0) is 16.8 Å². The number of nitrogens with zero attached hydrogens (tertiary/aromatic N) is 2. The second-order valence-electron chi connectivity index (χ2n) is 9.16. The highest BCUT2D eigenvalue weighted by atomic mass is 35.5. The van der Waals surface area contributed by atoms with E-state index in [-0.39, 0.29) is 18.3 Å². The van der Waals surface area contributed by atoms with Gasteiger partial charge in [0.25, 0.3) is 0 Å². The van der Waals surface area contributed by atoms with Gasteiger partial charge in [0.2, 0.25) is 0 Å². The molecule has 2 atom stereocenters. The lowest BCUT2D eigenvalue weighted by molar-refractivity contribution is -0.143. The van der Waals surface area contributed by atoms with Crippen molar-refractivity contribution < 1.29 is 28.8 Å². The first-order chi connectivity index (χ1) is 17.2. The van der Waals surface area contributed by atoms with Gasteiger partial charge in [0.15, 0.2) is 23.0 Å². The van der Waals surface area contributed by atoms with Crippen LogP contribution in [0.2, 0.25) is 0 Å². The Bertz CT molecular complexity index is 1070. The molecule has 0 aliphatic rings. The summed E-state index contributed by atoms with van der Waals surface area (Å²) in [5, 5.41) is 20.3. The van der Waals surface area contributed by atoms with Crippen molar-refractivity contribution in [3.63, 3.8) is 0 Å². The number of nitriles is 1. The molecule has 37 heavy (non-hydrogen) atoms. The van der Waals surface area contributed by atoms with Gasteiger partial charge in [-0.3, -0.25) is 9.69 Å². The van der Waals surface area contributed by atoms with Crippen LogP contribution in [0, 0.1) is 17.2 Å². The summed E-state index contributed by atoms with van der Waals surface area (Å²) in [5.74, 6) is 1.49. The fourth-order valence-corrected chi connectivity index (χ4v) is 4.61. The molecule has 0 saturated carbocycles. The number of rotatable bonds is 14. The molecule has 2 aromatic carbocycles. The van der Waals surface area contributed by atoms with Crippen molar-refractivity contribution >= 4 is 18.4 Å². The van der Waals surface area contributed by atoms with E-state index in [1.165, 1.54) is 0 Å². The Morgan fingerprint density at radius 2 is 1.51 bits per heavy atom. The van der Waals surface area contributed by atoms with Crippen molar-refractivity contribution in [1.29, 1.82) is 5.26 Å². The van der Waals surface area contributed by atoms with Crippen molar-refractivity contribution in [3.05, 3.63) is 47.5 Å². The number of methoxy groups -OCH3 is 4. The van der Waals surface area contributed by atoms with Crippen molar-refractivity contribution in [1.82, 2.24) is 4.90 Å². The highest BCUT2D eigenvalue weighted by Crippen LogP contribution is 2.41. The number of benzene rings is 2. The number of hydrogen-bond acceptors (Lipinski definition) is 7. The Labute approximate surface area is 226 Å². The van der Waals surface area contributed by atoms with Crippen LogP contribution >= 0.6 is 12.4 Å². The summed E-state index contributed by atoms with van der Waals surface area (Å²) in [7, 11) is 8.08. The number of hydrogen-bond donors (Lipinski definition) is 1. The molecule has 9 heteroatoms. The maximum absolute atomic E-state index is 12.2. The van der Waals surface area contributed by atoms with E-state index in [1.54, 1.807) is 41.6 Å². The van der Waals surface area contributed by atoms with Crippen LogP contribution in [0.3, 0.4) is 0 Å². The molecule has 0 fully saturated rings. The van der Waals surface area contributed by atoms with E-state index in [9.17, 15) is 15.2 Å². The maximum atomic E-state index is 12.2. The summed E-state index contributed by atoms with van der Waals surface area (Å²) < 4.78 is 21.5. The molecular formula is C28H39ClN2O6. The molecule has 0 heterocycles. The molecule has 0 aromatic heterocycles. The average Bonchev–Trinajstić information content (AvgIpc) is 2.87. The van der Waals surface area contributed by atoms with E-state index in [2.05, 4.69) is 6.07 Å². The smallest absolute Gasteiger partial charge is 0.320 e. The lowest BCUT2D eigenvalue weighted by Crippen LogP contribution is -2.38. The highest BCUT2D eigenvalue weighted by Gasteiger charge is 2.37. The zero-order valence-corrected chi connectivity index (χ0v) is 23.6. The Hall–Kier alpha value is -3.15. The number of carboxylic acids is 1. The predicted octanol–water partition coefficient (Wildman–Crippen LogP) is 5.32. The Morgan fingerprint density at radius 3 is 2.00 bits per heavy atom. The fraction of sp³-hybridized carbons (Fsp3) is 0.500. The minimum absolute atomic E-state index is 0. The number of aliphatic carboxylic acids is 1. The SMILES string of the molecule is COc1ccc(CN(C)C(CCCC(C#N)(c2ccc(OC)c(OC)c2)C(C)C)C(=O)O)cc1OC.Cl. The summed E-state index contributed by atoms with van der Waals surface area (Å²) >= 11 is 0. The fourth-order valence-electron chi connectivity index (χ4n) is 4.61. The van der Waals surface area contributed by atoms with Gasteiger partial charge < -0.3 is 24.1 Å². The van der Waals surface area contributed by atoms with E-state index in [0.717, 1.165) is 11.1 Å². The molecule has 2 unspecified atom stereocenters. The molecule has 0 radical (unpaired) electrons. The number of halogens is 1. The van der Waals surface area contributed by atoms with E-state index < -0.39 is 17.4 Å². The van der Waals surface area contributed by atoms with Gasteiger partial charge in [0.1, 0.15) is 6.04 Å². The lowest BCUT2D eigenvalue weighted by atomic mass is 9.69. The third-order valence-corrected chi connectivity index (χ3v) is 6.83. The molecule has 2 aromatic rings. The van der Waals surface area contributed by atoms with Crippen LogP contribution in [0.1, 0.15) is 44.2 Å². The molecular weight excluding hydrogens is 496 g/mol. The topological polar surface area (TPSA) is 101 Å². The first-order valence-electron chi connectivity index (χ1n) is 11.9. The van der Waals surface area contributed by atoms with Gasteiger partial charge in [-0.15, -0.1) is 12.4 Å². The number of carbonyl (C=O) groups is 1. The largest absolute Gasteiger partial charge is 0.493 e. The molecule has 204 valence electrons. The summed E-state index contributed by atoms with van der Waals surface area (Å²) in [6.07, 6.45) is 1.49. The monoisotopic (exact) mass is 534 g/mol. The van der Waals surface area contributed by atoms with Crippen molar-refractivity contribution in [2.24, 2.45) is 5.92 Å². The van der Waals surface area contributed by atoms with E-state index in [4.69, 9.17) is 18.9 Å². The minimum atomic E-state index is -0.892. The Balaban J connectivity index is 0.00000684. The van der Waals surface area contributed by atoms with Crippen LogP contribution in [-0.4, -0.2) is 57.5 Å². The minimum Gasteiger partial charge on any atom is -0.493 e. The number of carboxylic acid groups (broad SMARTS) is 1. The first kappa shape index (κ1) is 31.9. The van der Waals surface area contributed by atoms with Crippen LogP contribution in [0.25, 0.3) is 0 Å². The van der Waals surface area contributed by atoms with Gasteiger partial charge in [0, 0.05) is 6.54 Å². The van der Waals surface area contributed by atoms with Crippen molar-refractivity contribution in [2.45, 2.75) is 51.1 Å². The standard InChI is InChI=1S/C28H38N2O6.ClH/c1-19(2)28(18-29,21-11-13-24(34-5)26(16-21)36-7)14-8-9-22(27(31)32)30(3)17-20-10-12-23(33-4)25(15-20)35-6;/h10-13,15-16,19,22H,8-9,14,17H2,1-7H3,(H,31,32);1H. The van der Waals surface area contributed by atoms with Gasteiger partial charge in [0.05, 0.1) is 39.9 Å². The second kappa shape index (κ2) is 14.6. The third-order valence-electron chi connectivity index (χ3n) is 6.83. The van der Waals surface area contributed by atoms with Crippen molar-refractivity contribution in [3.8, 4) is 29.1 Å². The molecule has 0 aliphatic heterocycles. The summed E-state index contributed by atoms with van der Waals surface area (Å²) in [4.78, 5) is 14.0. The second-order valence-corrected chi connectivity index (χ2v) is 9.16. The summed E-state index contributed by atoms with van der Waals surface area (Å²) in [6, 6.07) is 12.9. The van der Waals surface area contributed by atoms with Crippen molar-refractivity contribution in [2.75, 3.05) is 35.5 Å². The summed E-state index contributed by atoms with van der Waals surface area (Å²) in [6.45, 7) is 4.45. The summed E-state index contributed by atoms with van der Waals surface area (Å²) in [5.41, 5.74) is 0.966. The molecule has 0 aliphatic carbocycles. The normalized spacial score (nSPS) is 13.2. The van der Waals surface area contributed by atoms with Crippen LogP contribution in [0.15, 0.2) is 36.4 Å². The number of ether oxygens (including phenoxy) is 4. The van der Waals surface area contributed by atoms with Gasteiger partial charge in [-0.05, 0) is 67.6 Å². The van der Waals surface area contributed by atoms with E-state index in [0.29, 0.717) is 48.8 Å². The third kappa shape index (κ3) is 7.43. The Kier molecular flexibility index (Phi) is 12.5. The molecule has 0 bridgehead atoms. The van der Waals surface area contributed by atoms with Crippen LogP contribution in [0.4, 0.5) is 0 Å². The molecule has 1 N–H and O–H groups in total. The van der Waals surface area contributed by atoms with Gasteiger partial charge in [-0.25, -0.2) is 0 Å². The highest BCUT2D eigenvalue weighted by molar-refractivity contribution is 5.85. The first-order valence-corrected chi connectivity index (χ1v) is 11.9. The lowest BCUT2D eigenvalue weighted by Gasteiger charge is -2.33. The quantitative estimate of drug-likeness (QED) is 0.347. The van der Waals surface area contributed by atoms with E-state index in [1.807, 2.05) is 49.1 Å². The van der Waals surface area contributed by atoms with Crippen LogP contribution in [0.5, 0.6) is 23.0 Å². The predicted molar refractivity (Wildman–Crippen MR) is 145 cm³/mol. The zero-order chi connectivity index (χ0) is 26.9. The number of likely N-dealkylation sites (N-methyl/N-ethyl adjacent to an activating group) is 1. The average molecular weight is 535 g/mol. The van der Waals surface area contributed by atoms with Gasteiger partial charge in [-0.2, -0.15) is 5.26 Å². The molecule has 0 spiro atoms. The maximum Gasteiger partial charge on any atom is 0.320 e. The van der Waals surface area contributed by atoms with Gasteiger partial charge in [-0.1, -0.05) is 26.0 Å². The van der Waals surface area contributed by atoms with E-state index >= 15 is 0 Å². The molecule has 0 amide bonds. The molecule has 2 rings (SSSR count). The molecule has 0 saturated heterocycles. The molecule has 8 nitrogen and oxygen atoms in total. The Morgan fingerprint density at radius 1 is 0.973 bits per heavy atom. The van der Waals surface area contributed by atoms with Crippen LogP contribution < -0.4 is 18.9 Å². The zero-order valence-electron chi connectivity index (χ0n) is 22.7.